The van der Waals surface area contributed by atoms with Crippen LogP contribution in [0.1, 0.15) is 20.3 Å². The lowest BCUT2D eigenvalue weighted by Crippen LogP contribution is -2.47. The van der Waals surface area contributed by atoms with Gasteiger partial charge >= 0.3 is 0 Å². The van der Waals surface area contributed by atoms with Crippen LogP contribution in [0.15, 0.2) is 24.3 Å². The Kier molecular flexibility index (Phi) is 6.86. The molecule has 1 aromatic carbocycles. The summed E-state index contributed by atoms with van der Waals surface area (Å²) in [5.41, 5.74) is 0.738. The van der Waals surface area contributed by atoms with Crippen molar-refractivity contribution in [3.8, 4) is 5.75 Å². The van der Waals surface area contributed by atoms with E-state index in [1.165, 1.54) is 6.54 Å². The Labute approximate surface area is 139 Å². The molecule has 0 atom stereocenters. The molecule has 1 aliphatic heterocycles. The number of nitrogens with zero attached hydrogens (tertiary/aromatic N) is 2. The molecule has 5 heteroatoms. The van der Waals surface area contributed by atoms with Gasteiger partial charge in [0.2, 0.25) is 5.91 Å². The molecule has 0 bridgehead atoms. The maximum absolute atomic E-state index is 12.1. The van der Waals surface area contributed by atoms with E-state index in [0.717, 1.165) is 38.4 Å². The van der Waals surface area contributed by atoms with Gasteiger partial charge < -0.3 is 19.9 Å². The Morgan fingerprint density at radius 2 is 1.83 bits per heavy atom. The number of benzene rings is 1. The van der Waals surface area contributed by atoms with E-state index < -0.39 is 0 Å². The summed E-state index contributed by atoms with van der Waals surface area (Å²) in [4.78, 5) is 17.0. The zero-order valence-electron chi connectivity index (χ0n) is 14.5. The standard InChI is InChI=1S/C18H29N3O2/c1-15(2)14-21-12-10-20(11-13-21)9-8-18(22)19-16-6-4-5-7-17(16)23-3/h4-7,15H,8-14H2,1-3H3,(H,19,22). The van der Waals surface area contributed by atoms with E-state index >= 15 is 0 Å². The highest BCUT2D eigenvalue weighted by molar-refractivity contribution is 5.92. The number of hydrogen-bond donors (Lipinski definition) is 1. The molecule has 0 unspecified atom stereocenters. The number of carbonyl (C=O) groups is 1. The largest absolute Gasteiger partial charge is 0.495 e. The molecule has 1 heterocycles. The second-order valence-electron chi connectivity index (χ2n) is 6.53. The first-order valence-corrected chi connectivity index (χ1v) is 8.46. The van der Waals surface area contributed by atoms with Gasteiger partial charge in [0.25, 0.3) is 0 Å². The van der Waals surface area contributed by atoms with Gasteiger partial charge in [-0.25, -0.2) is 0 Å². The van der Waals surface area contributed by atoms with Gasteiger partial charge in [-0.2, -0.15) is 0 Å². The van der Waals surface area contributed by atoms with Crippen molar-refractivity contribution >= 4 is 11.6 Å². The maximum atomic E-state index is 12.1. The van der Waals surface area contributed by atoms with Crippen molar-refractivity contribution in [2.75, 3.05) is 51.7 Å². The number of ether oxygens (including phenoxy) is 1. The number of para-hydroxylation sites is 2. The van der Waals surface area contributed by atoms with Gasteiger partial charge in [0.1, 0.15) is 5.75 Å². The summed E-state index contributed by atoms with van der Waals surface area (Å²) in [6.45, 7) is 10.8. The van der Waals surface area contributed by atoms with Crippen molar-refractivity contribution in [1.29, 1.82) is 0 Å². The zero-order chi connectivity index (χ0) is 16.7. The molecule has 5 nitrogen and oxygen atoms in total. The summed E-state index contributed by atoms with van der Waals surface area (Å²) in [5.74, 6) is 1.45. The molecular formula is C18H29N3O2. The van der Waals surface area contributed by atoms with Gasteiger partial charge in [0.05, 0.1) is 12.8 Å². The summed E-state index contributed by atoms with van der Waals surface area (Å²) in [7, 11) is 1.61. The van der Waals surface area contributed by atoms with E-state index in [-0.39, 0.29) is 5.91 Å². The third kappa shape index (κ3) is 5.84. The van der Waals surface area contributed by atoms with Gasteiger partial charge in [0, 0.05) is 45.7 Å². The minimum atomic E-state index is 0.0408. The molecule has 128 valence electrons. The molecule has 1 saturated heterocycles. The highest BCUT2D eigenvalue weighted by Gasteiger charge is 2.18. The number of anilines is 1. The first-order valence-electron chi connectivity index (χ1n) is 8.46. The average molecular weight is 319 g/mol. The van der Waals surface area contributed by atoms with Crippen molar-refractivity contribution < 1.29 is 9.53 Å². The fourth-order valence-corrected chi connectivity index (χ4v) is 2.93. The lowest BCUT2D eigenvalue weighted by atomic mass is 10.2. The molecule has 1 fully saturated rings. The van der Waals surface area contributed by atoms with Crippen molar-refractivity contribution in [2.24, 2.45) is 5.92 Å². The number of methoxy groups -OCH3 is 1. The van der Waals surface area contributed by atoms with Crippen LogP contribution in [0.3, 0.4) is 0 Å². The van der Waals surface area contributed by atoms with E-state index in [9.17, 15) is 4.79 Å². The normalized spacial score (nSPS) is 16.5. The van der Waals surface area contributed by atoms with E-state index in [2.05, 4.69) is 29.0 Å². The van der Waals surface area contributed by atoms with Crippen LogP contribution in [0.5, 0.6) is 5.75 Å². The molecule has 1 amide bonds. The third-order valence-corrected chi connectivity index (χ3v) is 4.12. The molecular weight excluding hydrogens is 290 g/mol. The Morgan fingerprint density at radius 3 is 2.48 bits per heavy atom. The first kappa shape index (κ1) is 17.8. The number of rotatable bonds is 7. The number of amides is 1. The number of hydrogen-bond acceptors (Lipinski definition) is 4. The number of carbonyl (C=O) groups excluding carboxylic acids is 1. The Balaban J connectivity index is 1.71. The van der Waals surface area contributed by atoms with Crippen molar-refractivity contribution in [2.45, 2.75) is 20.3 Å². The van der Waals surface area contributed by atoms with Crippen LogP contribution in [-0.4, -0.2) is 62.1 Å². The summed E-state index contributed by atoms with van der Waals surface area (Å²) in [6, 6.07) is 7.50. The molecule has 23 heavy (non-hydrogen) atoms. The minimum absolute atomic E-state index is 0.0408. The molecule has 1 N–H and O–H groups in total. The van der Waals surface area contributed by atoms with Crippen LogP contribution in [0.4, 0.5) is 5.69 Å². The van der Waals surface area contributed by atoms with Crippen LogP contribution in [0.25, 0.3) is 0 Å². The molecule has 0 aliphatic carbocycles. The fraction of sp³-hybridized carbons (Fsp3) is 0.611. The molecule has 0 radical (unpaired) electrons. The van der Waals surface area contributed by atoms with Crippen LogP contribution in [0.2, 0.25) is 0 Å². The van der Waals surface area contributed by atoms with Crippen LogP contribution < -0.4 is 10.1 Å². The second-order valence-corrected chi connectivity index (χ2v) is 6.53. The lowest BCUT2D eigenvalue weighted by molar-refractivity contribution is -0.116. The summed E-state index contributed by atoms with van der Waals surface area (Å²) in [6.07, 6.45) is 0.516. The second kappa shape index (κ2) is 8.89. The molecule has 0 saturated carbocycles. The quantitative estimate of drug-likeness (QED) is 0.837. The first-order chi connectivity index (χ1) is 11.1. The molecule has 0 spiro atoms. The average Bonchev–Trinajstić information content (AvgIpc) is 2.54. The monoisotopic (exact) mass is 319 g/mol. The molecule has 0 aromatic heterocycles. The van der Waals surface area contributed by atoms with Crippen molar-refractivity contribution in [1.82, 2.24) is 9.80 Å². The molecule has 1 aliphatic rings. The van der Waals surface area contributed by atoms with E-state index in [1.807, 2.05) is 24.3 Å². The Hall–Kier alpha value is -1.59. The third-order valence-electron chi connectivity index (χ3n) is 4.12. The van der Waals surface area contributed by atoms with Gasteiger partial charge in [0.15, 0.2) is 0 Å². The zero-order valence-corrected chi connectivity index (χ0v) is 14.5. The lowest BCUT2D eigenvalue weighted by Gasteiger charge is -2.35. The predicted molar refractivity (Wildman–Crippen MR) is 94.0 cm³/mol. The smallest absolute Gasteiger partial charge is 0.225 e. The maximum Gasteiger partial charge on any atom is 0.225 e. The van der Waals surface area contributed by atoms with Crippen molar-refractivity contribution in [3.63, 3.8) is 0 Å². The van der Waals surface area contributed by atoms with Crippen LogP contribution in [-0.2, 0) is 4.79 Å². The molecule has 1 aromatic rings. The predicted octanol–water partition coefficient (Wildman–Crippen LogP) is 2.30. The van der Waals surface area contributed by atoms with Gasteiger partial charge in [-0.15, -0.1) is 0 Å². The Morgan fingerprint density at radius 1 is 1.17 bits per heavy atom. The summed E-state index contributed by atoms with van der Waals surface area (Å²) in [5, 5.41) is 2.93. The van der Waals surface area contributed by atoms with Gasteiger partial charge in [-0.1, -0.05) is 26.0 Å². The van der Waals surface area contributed by atoms with Crippen molar-refractivity contribution in [3.05, 3.63) is 24.3 Å². The molecule has 2 rings (SSSR count). The fourth-order valence-electron chi connectivity index (χ4n) is 2.93. The highest BCUT2D eigenvalue weighted by Crippen LogP contribution is 2.23. The highest BCUT2D eigenvalue weighted by atomic mass is 16.5. The van der Waals surface area contributed by atoms with Crippen LogP contribution in [0, 0.1) is 5.92 Å². The minimum Gasteiger partial charge on any atom is -0.495 e. The number of piperazine rings is 1. The van der Waals surface area contributed by atoms with E-state index in [4.69, 9.17) is 4.74 Å². The topological polar surface area (TPSA) is 44.8 Å². The number of nitrogens with one attached hydrogen (secondary N) is 1. The Bertz CT molecular complexity index is 497. The van der Waals surface area contributed by atoms with Gasteiger partial charge in [-0.05, 0) is 18.1 Å². The van der Waals surface area contributed by atoms with Crippen LogP contribution >= 0.6 is 0 Å². The summed E-state index contributed by atoms with van der Waals surface area (Å²) < 4.78 is 5.25. The van der Waals surface area contributed by atoms with Gasteiger partial charge in [-0.3, -0.25) is 4.79 Å². The summed E-state index contributed by atoms with van der Waals surface area (Å²) >= 11 is 0. The SMILES string of the molecule is COc1ccccc1NC(=O)CCN1CCN(CC(C)C)CC1. The van der Waals surface area contributed by atoms with E-state index in [1.54, 1.807) is 7.11 Å². The van der Waals surface area contributed by atoms with E-state index in [0.29, 0.717) is 18.1 Å².